The van der Waals surface area contributed by atoms with Gasteiger partial charge in [0.2, 0.25) is 0 Å². The molecule has 0 saturated carbocycles. The van der Waals surface area contributed by atoms with Crippen LogP contribution in [0.25, 0.3) is 22.3 Å². The topological polar surface area (TPSA) is 116 Å². The first-order chi connectivity index (χ1) is 22.2. The van der Waals surface area contributed by atoms with Crippen LogP contribution in [0.2, 0.25) is 5.02 Å². The lowest BCUT2D eigenvalue weighted by molar-refractivity contribution is 0.0213. The van der Waals surface area contributed by atoms with Gasteiger partial charge in [0.25, 0.3) is 0 Å². The SMILES string of the molecule is CCCN(Cc1ncc(-c2ccc(C#Cc3cc4[nH]c([C@@H]5CCCN5C(=O)OC(C)(C)C)nc4cc3Cl)cc2)[nH]1)C(=O)OC(C)(C)C. The standard InChI is InChI=1S/C36H43ClN6O4/c1-8-17-42(33(44)46-35(2,3)4)22-31-38-21-29(39-31)24-14-11-23(12-15-24)13-16-25-19-27-28(20-26(25)37)41-32(40-27)30-10-9-18-43(30)34(45)47-36(5,6)7/h11-12,14-15,19-21,30H,8-10,17-18,22H2,1-7H3,(H,38,39)(H,40,41)/t30-/m0/s1. The van der Waals surface area contributed by atoms with Crippen molar-refractivity contribution in [1.82, 2.24) is 29.7 Å². The molecule has 1 aliphatic heterocycles. The highest BCUT2D eigenvalue weighted by Crippen LogP contribution is 2.33. The van der Waals surface area contributed by atoms with Crippen LogP contribution in [-0.4, -0.2) is 66.2 Å². The molecule has 1 aliphatic rings. The number of carbonyl (C=O) groups is 2. The quantitative estimate of drug-likeness (QED) is 0.202. The van der Waals surface area contributed by atoms with Gasteiger partial charge in [0.15, 0.2) is 0 Å². The zero-order valence-corrected chi connectivity index (χ0v) is 28.9. The Morgan fingerprint density at radius 2 is 1.77 bits per heavy atom. The van der Waals surface area contributed by atoms with Crippen LogP contribution in [-0.2, 0) is 16.0 Å². The van der Waals surface area contributed by atoms with E-state index in [2.05, 4.69) is 26.8 Å². The van der Waals surface area contributed by atoms with E-state index in [9.17, 15) is 9.59 Å². The number of ether oxygens (including phenoxy) is 2. The van der Waals surface area contributed by atoms with Crippen LogP contribution in [0.5, 0.6) is 0 Å². The number of fused-ring (bicyclic) bond motifs is 1. The maximum Gasteiger partial charge on any atom is 0.410 e. The number of rotatable bonds is 6. The van der Waals surface area contributed by atoms with Crippen molar-refractivity contribution in [3.8, 4) is 23.1 Å². The summed E-state index contributed by atoms with van der Waals surface area (Å²) in [4.78, 5) is 44.8. The van der Waals surface area contributed by atoms with Crippen molar-refractivity contribution in [2.24, 2.45) is 0 Å². The molecule has 47 heavy (non-hydrogen) atoms. The van der Waals surface area contributed by atoms with E-state index in [4.69, 9.17) is 26.1 Å². The van der Waals surface area contributed by atoms with E-state index < -0.39 is 11.2 Å². The van der Waals surface area contributed by atoms with Gasteiger partial charge in [-0.15, -0.1) is 0 Å². The number of aromatic nitrogens is 4. The third kappa shape index (κ3) is 8.66. The average Bonchev–Trinajstić information content (AvgIpc) is 3.74. The first kappa shape index (κ1) is 33.9. The number of nitrogens with zero attached hydrogens (tertiary/aromatic N) is 4. The fraction of sp³-hybridized carbons (Fsp3) is 0.444. The van der Waals surface area contributed by atoms with E-state index >= 15 is 0 Å². The number of halogens is 1. The van der Waals surface area contributed by atoms with Crippen molar-refractivity contribution < 1.29 is 19.1 Å². The van der Waals surface area contributed by atoms with E-state index in [0.29, 0.717) is 41.9 Å². The average molecular weight is 659 g/mol. The predicted octanol–water partition coefficient (Wildman–Crippen LogP) is 8.23. The zero-order chi connectivity index (χ0) is 33.9. The summed E-state index contributed by atoms with van der Waals surface area (Å²) in [5, 5.41) is 0.503. The number of benzene rings is 2. The van der Waals surface area contributed by atoms with Crippen LogP contribution in [0.4, 0.5) is 9.59 Å². The third-order valence-electron chi connectivity index (χ3n) is 7.44. The summed E-state index contributed by atoms with van der Waals surface area (Å²) < 4.78 is 11.2. The van der Waals surface area contributed by atoms with E-state index in [-0.39, 0.29) is 18.2 Å². The van der Waals surface area contributed by atoms with Crippen molar-refractivity contribution in [3.63, 3.8) is 0 Å². The Hall–Kier alpha value is -4.49. The first-order valence-corrected chi connectivity index (χ1v) is 16.4. The molecule has 0 unspecified atom stereocenters. The molecule has 10 nitrogen and oxygen atoms in total. The van der Waals surface area contributed by atoms with Crippen LogP contribution in [0.1, 0.15) is 96.5 Å². The van der Waals surface area contributed by atoms with Crippen LogP contribution >= 0.6 is 11.6 Å². The summed E-state index contributed by atoms with van der Waals surface area (Å²) in [6, 6.07) is 11.4. The van der Waals surface area contributed by atoms with Crippen molar-refractivity contribution in [2.45, 2.75) is 91.5 Å². The highest BCUT2D eigenvalue weighted by atomic mass is 35.5. The number of nitrogens with one attached hydrogen (secondary N) is 2. The van der Waals surface area contributed by atoms with Crippen LogP contribution in [0.3, 0.4) is 0 Å². The number of aromatic amines is 2. The fourth-order valence-electron chi connectivity index (χ4n) is 5.37. The Labute approximate surface area is 281 Å². The van der Waals surface area contributed by atoms with Gasteiger partial charge >= 0.3 is 12.2 Å². The van der Waals surface area contributed by atoms with Crippen molar-refractivity contribution >= 4 is 34.8 Å². The van der Waals surface area contributed by atoms with Crippen molar-refractivity contribution in [3.05, 3.63) is 70.4 Å². The molecular formula is C36H43ClN6O4. The summed E-state index contributed by atoms with van der Waals surface area (Å²) >= 11 is 6.62. The molecule has 1 fully saturated rings. The number of carbonyl (C=O) groups excluding carboxylic acids is 2. The minimum atomic E-state index is -0.566. The molecule has 2 amide bonds. The Morgan fingerprint density at radius 1 is 1.04 bits per heavy atom. The molecule has 1 saturated heterocycles. The smallest absolute Gasteiger partial charge is 0.410 e. The summed E-state index contributed by atoms with van der Waals surface area (Å²) in [7, 11) is 0. The van der Waals surface area contributed by atoms with Gasteiger partial charge in [0, 0.05) is 24.2 Å². The monoisotopic (exact) mass is 658 g/mol. The molecule has 2 aromatic heterocycles. The van der Waals surface area contributed by atoms with Gasteiger partial charge in [0.05, 0.1) is 40.5 Å². The molecule has 11 heteroatoms. The number of amides is 2. The number of hydrogen-bond acceptors (Lipinski definition) is 6. The normalized spacial score (nSPS) is 15.0. The van der Waals surface area contributed by atoms with Gasteiger partial charge in [0.1, 0.15) is 22.9 Å². The minimum Gasteiger partial charge on any atom is -0.444 e. The molecule has 0 spiro atoms. The molecule has 0 bridgehead atoms. The van der Waals surface area contributed by atoms with Crippen LogP contribution < -0.4 is 0 Å². The molecule has 2 N–H and O–H groups in total. The molecule has 4 aromatic rings. The Bertz CT molecular complexity index is 1800. The Balaban J connectivity index is 1.27. The van der Waals surface area contributed by atoms with Crippen LogP contribution in [0, 0.1) is 11.8 Å². The minimum absolute atomic E-state index is 0.185. The number of likely N-dealkylation sites (tertiary alicyclic amines) is 1. The second-order valence-electron chi connectivity index (χ2n) is 13.8. The summed E-state index contributed by atoms with van der Waals surface area (Å²) in [5.74, 6) is 7.79. The summed E-state index contributed by atoms with van der Waals surface area (Å²) in [6.45, 7) is 14.7. The number of hydrogen-bond donors (Lipinski definition) is 2. The molecule has 1 atom stereocenters. The maximum absolute atomic E-state index is 12.8. The second kappa shape index (κ2) is 13.7. The first-order valence-electron chi connectivity index (χ1n) is 16.0. The lowest BCUT2D eigenvalue weighted by Crippen LogP contribution is -2.37. The van der Waals surface area contributed by atoms with Crippen molar-refractivity contribution in [2.75, 3.05) is 13.1 Å². The Kier molecular flexibility index (Phi) is 9.87. The molecule has 3 heterocycles. The highest BCUT2D eigenvalue weighted by molar-refractivity contribution is 6.32. The molecule has 5 rings (SSSR count). The second-order valence-corrected chi connectivity index (χ2v) is 14.2. The van der Waals surface area contributed by atoms with Gasteiger partial charge in [-0.2, -0.15) is 0 Å². The van der Waals surface area contributed by atoms with Gasteiger partial charge < -0.3 is 24.3 Å². The van der Waals surface area contributed by atoms with Gasteiger partial charge in [-0.3, -0.25) is 4.90 Å². The van der Waals surface area contributed by atoms with Crippen molar-refractivity contribution in [1.29, 1.82) is 0 Å². The van der Waals surface area contributed by atoms with Gasteiger partial charge in [-0.1, -0.05) is 42.5 Å². The van der Waals surface area contributed by atoms with E-state index in [1.54, 1.807) is 22.1 Å². The molecule has 2 aromatic carbocycles. The van der Waals surface area contributed by atoms with Gasteiger partial charge in [-0.05, 0) is 90.6 Å². The fourth-order valence-corrected chi connectivity index (χ4v) is 5.57. The molecule has 248 valence electrons. The zero-order valence-electron chi connectivity index (χ0n) is 28.2. The third-order valence-corrected chi connectivity index (χ3v) is 7.75. The Morgan fingerprint density at radius 3 is 2.45 bits per heavy atom. The molecule has 0 aliphatic carbocycles. The lowest BCUT2D eigenvalue weighted by Gasteiger charge is -2.27. The number of imidazole rings is 2. The van der Waals surface area contributed by atoms with E-state index in [1.165, 1.54) is 0 Å². The largest absolute Gasteiger partial charge is 0.444 e. The predicted molar refractivity (Wildman–Crippen MR) is 183 cm³/mol. The number of H-pyrrole nitrogens is 2. The lowest BCUT2D eigenvalue weighted by atomic mass is 10.1. The van der Waals surface area contributed by atoms with Crippen LogP contribution in [0.15, 0.2) is 42.6 Å². The summed E-state index contributed by atoms with van der Waals surface area (Å²) in [6.07, 6.45) is 3.57. The highest BCUT2D eigenvalue weighted by Gasteiger charge is 2.35. The van der Waals surface area contributed by atoms with E-state index in [0.717, 1.165) is 47.1 Å². The summed E-state index contributed by atoms with van der Waals surface area (Å²) in [5.41, 5.74) is 3.69. The molecule has 0 radical (unpaired) electrons. The molecular weight excluding hydrogens is 616 g/mol. The van der Waals surface area contributed by atoms with Gasteiger partial charge in [-0.25, -0.2) is 19.6 Å². The maximum atomic E-state index is 12.8. The van der Waals surface area contributed by atoms with E-state index in [1.807, 2.05) is 78.8 Å².